The molecule has 92 valence electrons. The molecule has 0 spiro atoms. The largest absolute Gasteiger partial charge is 0.448 e. The highest BCUT2D eigenvalue weighted by molar-refractivity contribution is 5.68. The molecule has 3 N–H and O–H groups in total. The van der Waals surface area contributed by atoms with Gasteiger partial charge in [0.1, 0.15) is 6.61 Å². The van der Waals surface area contributed by atoms with Gasteiger partial charge in [-0.1, -0.05) is 25.7 Å². The van der Waals surface area contributed by atoms with Gasteiger partial charge in [0.25, 0.3) is 0 Å². The SMILES string of the molecule is NC1(COC(=O)NC2CC2)CCCCCC1. The monoisotopic (exact) mass is 226 g/mol. The van der Waals surface area contributed by atoms with Crippen LogP contribution in [-0.4, -0.2) is 24.3 Å². The van der Waals surface area contributed by atoms with E-state index >= 15 is 0 Å². The van der Waals surface area contributed by atoms with Crippen LogP contribution in [0, 0.1) is 0 Å². The minimum atomic E-state index is -0.295. The Bertz CT molecular complexity index is 243. The van der Waals surface area contributed by atoms with Gasteiger partial charge >= 0.3 is 6.09 Å². The summed E-state index contributed by atoms with van der Waals surface area (Å²) in [5.41, 5.74) is 5.97. The van der Waals surface area contributed by atoms with E-state index in [0.29, 0.717) is 12.6 Å². The van der Waals surface area contributed by atoms with Crippen molar-refractivity contribution in [2.45, 2.75) is 62.9 Å². The van der Waals surface area contributed by atoms with Crippen molar-refractivity contribution in [3.05, 3.63) is 0 Å². The van der Waals surface area contributed by atoms with Gasteiger partial charge in [0.2, 0.25) is 0 Å². The molecule has 0 bridgehead atoms. The van der Waals surface area contributed by atoms with Crippen LogP contribution < -0.4 is 11.1 Å². The summed E-state index contributed by atoms with van der Waals surface area (Å²) in [6, 6.07) is 0.357. The van der Waals surface area contributed by atoms with E-state index in [9.17, 15) is 4.79 Å². The molecule has 2 rings (SSSR count). The molecule has 16 heavy (non-hydrogen) atoms. The van der Waals surface area contributed by atoms with Crippen LogP contribution in [-0.2, 0) is 4.74 Å². The summed E-state index contributed by atoms with van der Waals surface area (Å²) in [6.45, 7) is 0.367. The van der Waals surface area contributed by atoms with Crippen LogP contribution in [0.25, 0.3) is 0 Å². The van der Waals surface area contributed by atoms with E-state index in [0.717, 1.165) is 38.5 Å². The topological polar surface area (TPSA) is 64.3 Å². The first kappa shape index (κ1) is 11.7. The fourth-order valence-corrected chi connectivity index (χ4v) is 2.22. The standard InChI is InChI=1S/C12H22N2O2/c13-12(7-3-1-2-4-8-12)9-16-11(15)14-10-5-6-10/h10H,1-9,13H2,(H,14,15). The molecule has 0 heterocycles. The summed E-state index contributed by atoms with van der Waals surface area (Å²) in [6.07, 6.45) is 8.66. The maximum Gasteiger partial charge on any atom is 0.407 e. The average molecular weight is 226 g/mol. The second kappa shape index (κ2) is 5.04. The molecular weight excluding hydrogens is 204 g/mol. The molecule has 0 saturated heterocycles. The van der Waals surface area contributed by atoms with Crippen LogP contribution >= 0.6 is 0 Å². The third kappa shape index (κ3) is 3.67. The molecule has 0 aromatic rings. The number of nitrogens with one attached hydrogen (secondary N) is 1. The first-order valence-corrected chi connectivity index (χ1v) is 6.40. The van der Waals surface area contributed by atoms with E-state index in [-0.39, 0.29) is 11.6 Å². The summed E-state index contributed by atoms with van der Waals surface area (Å²) >= 11 is 0. The second-order valence-electron chi connectivity index (χ2n) is 5.27. The third-order valence-electron chi connectivity index (χ3n) is 3.49. The molecule has 0 aromatic heterocycles. The van der Waals surface area contributed by atoms with Gasteiger partial charge in [-0.2, -0.15) is 0 Å². The fraction of sp³-hybridized carbons (Fsp3) is 0.917. The molecule has 1 amide bonds. The van der Waals surface area contributed by atoms with Crippen molar-refractivity contribution in [1.82, 2.24) is 5.32 Å². The Morgan fingerprint density at radius 2 is 1.88 bits per heavy atom. The minimum Gasteiger partial charge on any atom is -0.448 e. The van der Waals surface area contributed by atoms with E-state index in [1.807, 2.05) is 0 Å². The maximum absolute atomic E-state index is 11.4. The Kier molecular flexibility index (Phi) is 3.69. The molecule has 4 heteroatoms. The van der Waals surface area contributed by atoms with Gasteiger partial charge in [0, 0.05) is 6.04 Å². The van der Waals surface area contributed by atoms with Gasteiger partial charge in [0.15, 0.2) is 0 Å². The van der Waals surface area contributed by atoms with Crippen LogP contribution in [0.3, 0.4) is 0 Å². The summed E-state index contributed by atoms with van der Waals surface area (Å²) in [4.78, 5) is 11.4. The molecular formula is C12H22N2O2. The molecule has 2 saturated carbocycles. The molecule has 0 aromatic carbocycles. The fourth-order valence-electron chi connectivity index (χ4n) is 2.22. The molecule has 0 radical (unpaired) electrons. The van der Waals surface area contributed by atoms with Crippen molar-refractivity contribution in [3.63, 3.8) is 0 Å². The molecule has 0 unspecified atom stereocenters. The lowest BCUT2D eigenvalue weighted by atomic mass is 9.93. The second-order valence-corrected chi connectivity index (χ2v) is 5.27. The third-order valence-corrected chi connectivity index (χ3v) is 3.49. The highest BCUT2D eigenvalue weighted by atomic mass is 16.5. The molecule has 0 aliphatic heterocycles. The van der Waals surface area contributed by atoms with Crippen LogP contribution in [0.2, 0.25) is 0 Å². The quantitative estimate of drug-likeness (QED) is 0.723. The summed E-state index contributed by atoms with van der Waals surface area (Å²) in [5.74, 6) is 0. The van der Waals surface area contributed by atoms with E-state index in [2.05, 4.69) is 5.32 Å². The zero-order valence-electron chi connectivity index (χ0n) is 9.84. The molecule has 2 fully saturated rings. The number of hydrogen-bond acceptors (Lipinski definition) is 3. The zero-order valence-corrected chi connectivity index (χ0v) is 9.84. The minimum absolute atomic E-state index is 0.280. The zero-order chi connectivity index (χ0) is 11.4. The van der Waals surface area contributed by atoms with Gasteiger partial charge in [0.05, 0.1) is 5.54 Å². The lowest BCUT2D eigenvalue weighted by Gasteiger charge is -2.27. The number of alkyl carbamates (subject to hydrolysis) is 1. The van der Waals surface area contributed by atoms with Crippen molar-refractivity contribution in [2.75, 3.05) is 6.61 Å². The van der Waals surface area contributed by atoms with Crippen LogP contribution in [0.5, 0.6) is 0 Å². The van der Waals surface area contributed by atoms with Crippen LogP contribution in [0.1, 0.15) is 51.4 Å². The van der Waals surface area contributed by atoms with Crippen molar-refractivity contribution < 1.29 is 9.53 Å². The van der Waals surface area contributed by atoms with Crippen LogP contribution in [0.4, 0.5) is 4.79 Å². The Morgan fingerprint density at radius 1 is 1.25 bits per heavy atom. The Balaban J connectivity index is 1.71. The number of carbonyl (C=O) groups is 1. The number of amides is 1. The van der Waals surface area contributed by atoms with Crippen molar-refractivity contribution in [1.29, 1.82) is 0 Å². The average Bonchev–Trinajstić information content (AvgIpc) is 3.05. The summed E-state index contributed by atoms with van der Waals surface area (Å²) < 4.78 is 5.22. The molecule has 0 atom stereocenters. The number of carbonyl (C=O) groups excluding carboxylic acids is 1. The molecule has 2 aliphatic rings. The van der Waals surface area contributed by atoms with Crippen LogP contribution in [0.15, 0.2) is 0 Å². The smallest absolute Gasteiger partial charge is 0.407 e. The predicted octanol–water partition coefficient (Wildman–Crippen LogP) is 1.93. The number of ether oxygens (including phenoxy) is 1. The highest BCUT2D eigenvalue weighted by Crippen LogP contribution is 2.25. The number of nitrogens with two attached hydrogens (primary N) is 1. The Morgan fingerprint density at radius 3 is 2.44 bits per heavy atom. The predicted molar refractivity (Wildman–Crippen MR) is 62.1 cm³/mol. The van der Waals surface area contributed by atoms with Gasteiger partial charge in [-0.25, -0.2) is 4.79 Å². The van der Waals surface area contributed by atoms with Gasteiger partial charge in [-0.15, -0.1) is 0 Å². The van der Waals surface area contributed by atoms with E-state index < -0.39 is 0 Å². The first-order chi connectivity index (χ1) is 7.68. The molecule has 2 aliphatic carbocycles. The lowest BCUT2D eigenvalue weighted by Crippen LogP contribution is -2.45. The first-order valence-electron chi connectivity index (χ1n) is 6.40. The Hall–Kier alpha value is -0.770. The maximum atomic E-state index is 11.4. The molecule has 4 nitrogen and oxygen atoms in total. The van der Waals surface area contributed by atoms with Crippen molar-refractivity contribution >= 4 is 6.09 Å². The van der Waals surface area contributed by atoms with Gasteiger partial charge in [-0.3, -0.25) is 0 Å². The van der Waals surface area contributed by atoms with E-state index in [1.54, 1.807) is 0 Å². The van der Waals surface area contributed by atoms with E-state index in [1.165, 1.54) is 12.8 Å². The Labute approximate surface area is 96.9 Å². The van der Waals surface area contributed by atoms with E-state index in [4.69, 9.17) is 10.5 Å². The normalized spacial score (nSPS) is 24.6. The highest BCUT2D eigenvalue weighted by Gasteiger charge is 2.29. The number of rotatable bonds is 3. The van der Waals surface area contributed by atoms with Crippen molar-refractivity contribution in [3.8, 4) is 0 Å². The lowest BCUT2D eigenvalue weighted by molar-refractivity contribution is 0.110. The van der Waals surface area contributed by atoms with Crippen molar-refractivity contribution in [2.24, 2.45) is 5.73 Å². The van der Waals surface area contributed by atoms with Gasteiger partial charge in [-0.05, 0) is 25.7 Å². The van der Waals surface area contributed by atoms with Gasteiger partial charge < -0.3 is 15.8 Å². The summed E-state index contributed by atoms with van der Waals surface area (Å²) in [5, 5.41) is 2.81. The summed E-state index contributed by atoms with van der Waals surface area (Å²) in [7, 11) is 0. The number of hydrogen-bond donors (Lipinski definition) is 2.